The molecule has 1 rings (SSSR count). The molecule has 22 heavy (non-hydrogen) atoms. The summed E-state index contributed by atoms with van der Waals surface area (Å²) in [5, 5.41) is 2.25. The summed E-state index contributed by atoms with van der Waals surface area (Å²) in [7, 11) is 3.45. The number of carbonyl (C=O) groups is 3. The standard InChI is InChI=1S/C14H19NO2S.C2H5NO/c1-3-5-12(10-17)15(2)8-13-11(9-16)6-4-7-14(13)18;1-3-2-4/h4,6-7,9-10,12,18H,3,5,8H2,1-2H3;2H,1H3,(H,3,4). The van der Waals surface area contributed by atoms with Crippen molar-refractivity contribution < 1.29 is 14.4 Å². The van der Waals surface area contributed by atoms with Crippen LogP contribution in [0.3, 0.4) is 0 Å². The molecule has 0 aliphatic carbocycles. The summed E-state index contributed by atoms with van der Waals surface area (Å²) >= 11 is 4.37. The first-order valence-electron chi connectivity index (χ1n) is 7.08. The fourth-order valence-electron chi connectivity index (χ4n) is 1.93. The second-order valence-corrected chi connectivity index (χ2v) is 5.26. The second kappa shape index (κ2) is 11.9. The summed E-state index contributed by atoms with van der Waals surface area (Å²) in [4.78, 5) is 33.8. The van der Waals surface area contributed by atoms with E-state index in [1.807, 2.05) is 24.9 Å². The van der Waals surface area contributed by atoms with Gasteiger partial charge in [-0.25, -0.2) is 0 Å². The largest absolute Gasteiger partial charge is 0.362 e. The average Bonchev–Trinajstić information content (AvgIpc) is 2.54. The predicted molar refractivity (Wildman–Crippen MR) is 90.4 cm³/mol. The lowest BCUT2D eigenvalue weighted by Crippen LogP contribution is -2.32. The highest BCUT2D eigenvalue weighted by atomic mass is 32.1. The van der Waals surface area contributed by atoms with Gasteiger partial charge in [0.2, 0.25) is 6.41 Å². The molecule has 122 valence electrons. The van der Waals surface area contributed by atoms with Gasteiger partial charge in [-0.15, -0.1) is 12.6 Å². The molecule has 0 fully saturated rings. The smallest absolute Gasteiger partial charge is 0.206 e. The lowest BCUT2D eigenvalue weighted by molar-refractivity contribution is -0.112. The molecule has 1 amide bonds. The normalized spacial score (nSPS) is 11.1. The minimum atomic E-state index is -0.109. The molecule has 0 radical (unpaired) electrons. The molecule has 0 aromatic heterocycles. The van der Waals surface area contributed by atoms with Crippen LogP contribution in [0, 0.1) is 0 Å². The van der Waals surface area contributed by atoms with Gasteiger partial charge in [0.25, 0.3) is 0 Å². The number of hydrogen-bond donors (Lipinski definition) is 2. The van der Waals surface area contributed by atoms with E-state index in [1.165, 1.54) is 0 Å². The number of likely N-dealkylation sites (N-methyl/N-ethyl adjacent to an activating group) is 1. The first-order valence-corrected chi connectivity index (χ1v) is 7.52. The van der Waals surface area contributed by atoms with Crippen molar-refractivity contribution >= 4 is 31.6 Å². The third-order valence-electron chi connectivity index (χ3n) is 3.15. The molecule has 1 atom stereocenters. The summed E-state index contributed by atoms with van der Waals surface area (Å²) in [6.45, 7) is 2.60. The number of benzene rings is 1. The number of amides is 1. The Bertz CT molecular complexity index is 480. The highest BCUT2D eigenvalue weighted by Gasteiger charge is 2.15. The Kier molecular flexibility index (Phi) is 11.0. The summed E-state index contributed by atoms with van der Waals surface area (Å²) in [5.74, 6) is 0. The van der Waals surface area contributed by atoms with Crippen LogP contribution >= 0.6 is 12.6 Å². The molecular weight excluding hydrogens is 300 g/mol. The van der Waals surface area contributed by atoms with Gasteiger partial charge in [-0.1, -0.05) is 25.5 Å². The number of nitrogens with zero attached hydrogens (tertiary/aromatic N) is 1. The molecule has 6 heteroatoms. The SMILES string of the molecule is CCCC(C=O)N(C)Cc1c(S)cccc1C=O.CNC=O. The zero-order valence-corrected chi connectivity index (χ0v) is 14.2. The zero-order chi connectivity index (χ0) is 17.0. The van der Waals surface area contributed by atoms with Gasteiger partial charge in [0.05, 0.1) is 6.04 Å². The van der Waals surface area contributed by atoms with Crippen LogP contribution in [0.1, 0.15) is 35.7 Å². The van der Waals surface area contributed by atoms with Crippen LogP contribution in [-0.2, 0) is 16.1 Å². The molecule has 1 aromatic rings. The van der Waals surface area contributed by atoms with Crippen molar-refractivity contribution in [1.82, 2.24) is 10.2 Å². The molecule has 1 unspecified atom stereocenters. The molecular formula is C16H24N2O3S. The number of hydrogen-bond acceptors (Lipinski definition) is 5. The molecule has 0 aliphatic heterocycles. The number of carbonyl (C=O) groups excluding carboxylic acids is 3. The molecule has 1 aromatic carbocycles. The average molecular weight is 324 g/mol. The van der Waals surface area contributed by atoms with Crippen LogP contribution in [0.25, 0.3) is 0 Å². The van der Waals surface area contributed by atoms with Gasteiger partial charge >= 0.3 is 0 Å². The maximum atomic E-state index is 11.0. The lowest BCUT2D eigenvalue weighted by Gasteiger charge is -2.24. The van der Waals surface area contributed by atoms with Crippen LogP contribution in [0.15, 0.2) is 23.1 Å². The first-order chi connectivity index (χ1) is 10.5. The van der Waals surface area contributed by atoms with E-state index in [2.05, 4.69) is 17.9 Å². The monoisotopic (exact) mass is 324 g/mol. The zero-order valence-electron chi connectivity index (χ0n) is 13.3. The number of rotatable bonds is 8. The highest BCUT2D eigenvalue weighted by Crippen LogP contribution is 2.20. The molecule has 0 bridgehead atoms. The summed E-state index contributed by atoms with van der Waals surface area (Å²) < 4.78 is 0. The Morgan fingerprint density at radius 2 is 1.95 bits per heavy atom. The van der Waals surface area contributed by atoms with E-state index in [1.54, 1.807) is 19.2 Å². The van der Waals surface area contributed by atoms with E-state index in [0.29, 0.717) is 18.5 Å². The Morgan fingerprint density at radius 1 is 1.32 bits per heavy atom. The van der Waals surface area contributed by atoms with Crippen molar-refractivity contribution in [2.45, 2.75) is 37.2 Å². The van der Waals surface area contributed by atoms with Crippen molar-refractivity contribution in [3.8, 4) is 0 Å². The van der Waals surface area contributed by atoms with Crippen molar-refractivity contribution in [3.63, 3.8) is 0 Å². The molecule has 5 nitrogen and oxygen atoms in total. The fourth-order valence-corrected chi connectivity index (χ4v) is 2.22. The molecule has 1 N–H and O–H groups in total. The number of aldehydes is 2. The van der Waals surface area contributed by atoms with Crippen molar-refractivity contribution in [2.75, 3.05) is 14.1 Å². The van der Waals surface area contributed by atoms with Gasteiger partial charge in [-0.3, -0.25) is 14.5 Å². The van der Waals surface area contributed by atoms with Crippen LogP contribution in [0.2, 0.25) is 0 Å². The highest BCUT2D eigenvalue weighted by molar-refractivity contribution is 7.80. The van der Waals surface area contributed by atoms with Crippen molar-refractivity contribution in [3.05, 3.63) is 29.3 Å². The van der Waals surface area contributed by atoms with Gasteiger partial charge < -0.3 is 10.1 Å². The molecule has 0 aliphatic rings. The van der Waals surface area contributed by atoms with E-state index in [0.717, 1.165) is 35.9 Å². The second-order valence-electron chi connectivity index (χ2n) is 4.78. The molecule has 0 spiro atoms. The quantitative estimate of drug-likeness (QED) is 0.566. The summed E-state index contributed by atoms with van der Waals surface area (Å²) in [6.07, 6.45) is 4.20. The number of thiol groups is 1. The summed E-state index contributed by atoms with van der Waals surface area (Å²) in [5.41, 5.74) is 1.51. The van der Waals surface area contributed by atoms with Gasteiger partial charge in [0.1, 0.15) is 12.6 Å². The lowest BCUT2D eigenvalue weighted by atomic mass is 10.1. The Labute approximate surface area is 137 Å². The van der Waals surface area contributed by atoms with E-state index in [-0.39, 0.29) is 6.04 Å². The van der Waals surface area contributed by atoms with Crippen molar-refractivity contribution in [2.24, 2.45) is 0 Å². The van der Waals surface area contributed by atoms with Crippen LogP contribution < -0.4 is 5.32 Å². The van der Waals surface area contributed by atoms with Gasteiger partial charge in [0.15, 0.2) is 0 Å². The van der Waals surface area contributed by atoms with E-state index in [4.69, 9.17) is 4.79 Å². The molecule has 0 saturated carbocycles. The van der Waals surface area contributed by atoms with Crippen LogP contribution in [0.4, 0.5) is 0 Å². The Balaban J connectivity index is 0.000000980. The topological polar surface area (TPSA) is 66.5 Å². The third-order valence-corrected chi connectivity index (χ3v) is 3.57. The summed E-state index contributed by atoms with van der Waals surface area (Å²) in [6, 6.07) is 5.32. The Morgan fingerprint density at radius 3 is 2.41 bits per heavy atom. The van der Waals surface area contributed by atoms with Crippen molar-refractivity contribution in [1.29, 1.82) is 0 Å². The third kappa shape index (κ3) is 6.87. The minimum Gasteiger partial charge on any atom is -0.362 e. The number of nitrogens with one attached hydrogen (secondary N) is 1. The van der Waals surface area contributed by atoms with Crippen LogP contribution in [-0.4, -0.2) is 44.0 Å². The maximum absolute atomic E-state index is 11.0. The predicted octanol–water partition coefficient (Wildman–Crippen LogP) is 1.95. The minimum absolute atomic E-state index is 0.109. The molecule has 0 heterocycles. The Hall–Kier alpha value is -1.66. The van der Waals surface area contributed by atoms with E-state index < -0.39 is 0 Å². The van der Waals surface area contributed by atoms with Gasteiger partial charge in [0, 0.05) is 24.1 Å². The van der Waals surface area contributed by atoms with Gasteiger partial charge in [-0.2, -0.15) is 0 Å². The maximum Gasteiger partial charge on any atom is 0.206 e. The van der Waals surface area contributed by atoms with E-state index >= 15 is 0 Å². The fraction of sp³-hybridized carbons (Fsp3) is 0.438. The molecule has 0 saturated heterocycles. The van der Waals surface area contributed by atoms with Crippen LogP contribution in [0.5, 0.6) is 0 Å². The van der Waals surface area contributed by atoms with E-state index in [9.17, 15) is 9.59 Å². The van der Waals surface area contributed by atoms with Gasteiger partial charge in [-0.05, 0) is 25.1 Å². The first kappa shape index (κ1) is 20.3.